The molecule has 1 aromatic heterocycles. The Balaban J connectivity index is 1.56. The van der Waals surface area contributed by atoms with E-state index in [0.29, 0.717) is 11.1 Å². The highest BCUT2D eigenvalue weighted by atomic mass is 19.4. The van der Waals surface area contributed by atoms with Crippen molar-refractivity contribution < 1.29 is 31.9 Å². The van der Waals surface area contributed by atoms with E-state index < -0.39 is 42.3 Å². The van der Waals surface area contributed by atoms with E-state index in [2.05, 4.69) is 10.4 Å². The SMILES string of the molecule is O=C1CCC(N2Cc3cc(-c4cnn(CC(F)(F)F)c4-c4ccccc4)c(F)cc3C2=O)C(=O)N1. The fourth-order valence-corrected chi connectivity index (χ4v) is 4.57. The Hall–Kier alpha value is -4.02. The lowest BCUT2D eigenvalue weighted by Gasteiger charge is -2.29. The molecule has 3 heterocycles. The van der Waals surface area contributed by atoms with Crippen LogP contribution in [0.25, 0.3) is 22.4 Å². The van der Waals surface area contributed by atoms with E-state index in [0.717, 1.165) is 10.7 Å². The van der Waals surface area contributed by atoms with Crippen molar-refractivity contribution in [1.82, 2.24) is 20.0 Å². The Bertz CT molecular complexity index is 1350. The molecule has 1 fully saturated rings. The van der Waals surface area contributed by atoms with Crippen LogP contribution >= 0.6 is 0 Å². The summed E-state index contributed by atoms with van der Waals surface area (Å²) >= 11 is 0. The number of halogens is 4. The number of hydrogen-bond acceptors (Lipinski definition) is 4. The number of alkyl halides is 3. The Morgan fingerprint density at radius 1 is 1.03 bits per heavy atom. The molecule has 3 amide bonds. The van der Waals surface area contributed by atoms with Gasteiger partial charge in [0.2, 0.25) is 11.8 Å². The molecule has 2 aliphatic heterocycles. The van der Waals surface area contributed by atoms with Gasteiger partial charge in [0.05, 0.1) is 11.9 Å². The molecular formula is C24H18F4N4O3. The molecule has 1 saturated heterocycles. The number of nitrogens with one attached hydrogen (secondary N) is 1. The molecule has 35 heavy (non-hydrogen) atoms. The maximum Gasteiger partial charge on any atom is 0.408 e. The average molecular weight is 486 g/mol. The van der Waals surface area contributed by atoms with E-state index in [4.69, 9.17) is 0 Å². The van der Waals surface area contributed by atoms with Gasteiger partial charge in [-0.2, -0.15) is 18.3 Å². The number of imide groups is 1. The summed E-state index contributed by atoms with van der Waals surface area (Å²) in [6.45, 7) is -1.35. The zero-order valence-corrected chi connectivity index (χ0v) is 18.1. The van der Waals surface area contributed by atoms with E-state index in [1.165, 1.54) is 17.2 Å². The lowest BCUT2D eigenvalue weighted by Crippen LogP contribution is -2.52. The fourth-order valence-electron chi connectivity index (χ4n) is 4.57. The third kappa shape index (κ3) is 4.17. The van der Waals surface area contributed by atoms with Crippen molar-refractivity contribution in [2.45, 2.75) is 38.1 Å². The van der Waals surface area contributed by atoms with Gasteiger partial charge in [-0.05, 0) is 24.1 Å². The summed E-state index contributed by atoms with van der Waals surface area (Å²) in [4.78, 5) is 37.9. The minimum Gasteiger partial charge on any atom is -0.322 e. The highest BCUT2D eigenvalue weighted by Gasteiger charge is 2.40. The summed E-state index contributed by atoms with van der Waals surface area (Å²) < 4.78 is 55.7. The van der Waals surface area contributed by atoms with Crippen LogP contribution < -0.4 is 5.32 Å². The summed E-state index contributed by atoms with van der Waals surface area (Å²) in [7, 11) is 0. The van der Waals surface area contributed by atoms with E-state index in [1.807, 2.05) is 0 Å². The van der Waals surface area contributed by atoms with Gasteiger partial charge >= 0.3 is 6.18 Å². The quantitative estimate of drug-likeness (QED) is 0.451. The van der Waals surface area contributed by atoms with E-state index in [9.17, 15) is 27.6 Å². The number of rotatable bonds is 4. The Morgan fingerprint density at radius 2 is 1.77 bits per heavy atom. The molecule has 5 rings (SSSR count). The molecule has 11 heteroatoms. The molecule has 180 valence electrons. The Morgan fingerprint density at radius 3 is 2.46 bits per heavy atom. The summed E-state index contributed by atoms with van der Waals surface area (Å²) in [5, 5.41) is 6.08. The van der Waals surface area contributed by atoms with Crippen LogP contribution in [0.1, 0.15) is 28.8 Å². The van der Waals surface area contributed by atoms with Crippen LogP contribution in [0.3, 0.4) is 0 Å². The molecule has 7 nitrogen and oxygen atoms in total. The topological polar surface area (TPSA) is 84.3 Å². The number of aromatic nitrogens is 2. The second-order valence-corrected chi connectivity index (χ2v) is 8.43. The van der Waals surface area contributed by atoms with Crippen molar-refractivity contribution in [3.63, 3.8) is 0 Å². The lowest BCUT2D eigenvalue weighted by molar-refractivity contribution is -0.142. The van der Waals surface area contributed by atoms with Gasteiger partial charge in [0.1, 0.15) is 18.4 Å². The van der Waals surface area contributed by atoms with Crippen LogP contribution in [-0.4, -0.2) is 44.6 Å². The van der Waals surface area contributed by atoms with Crippen LogP contribution in [0.5, 0.6) is 0 Å². The number of carbonyl (C=O) groups excluding carboxylic acids is 3. The maximum absolute atomic E-state index is 15.3. The molecule has 0 aliphatic carbocycles. The molecule has 1 N–H and O–H groups in total. The predicted octanol–water partition coefficient (Wildman–Crippen LogP) is 3.68. The highest BCUT2D eigenvalue weighted by Crippen LogP contribution is 2.38. The van der Waals surface area contributed by atoms with Gasteiger partial charge in [-0.25, -0.2) is 4.39 Å². The van der Waals surface area contributed by atoms with Crippen LogP contribution in [0.15, 0.2) is 48.7 Å². The lowest BCUT2D eigenvalue weighted by atomic mass is 9.97. The summed E-state index contributed by atoms with van der Waals surface area (Å²) in [6, 6.07) is 9.80. The molecule has 3 aromatic rings. The third-order valence-corrected chi connectivity index (χ3v) is 6.12. The van der Waals surface area contributed by atoms with Crippen LogP contribution in [0.2, 0.25) is 0 Å². The number of nitrogens with zero attached hydrogens (tertiary/aromatic N) is 3. The Kier molecular flexibility index (Phi) is 5.42. The minimum atomic E-state index is -4.54. The van der Waals surface area contributed by atoms with Gasteiger partial charge in [-0.3, -0.25) is 24.4 Å². The van der Waals surface area contributed by atoms with Crippen molar-refractivity contribution >= 4 is 17.7 Å². The van der Waals surface area contributed by atoms with Crippen LogP contribution in [0.4, 0.5) is 17.6 Å². The monoisotopic (exact) mass is 486 g/mol. The number of amides is 3. The molecule has 0 saturated carbocycles. The molecule has 1 atom stereocenters. The standard InChI is InChI=1S/C24H18F4N4O3/c25-18-9-15-14(11-31(23(15)35)19-6-7-20(33)30-22(19)34)8-16(18)17-10-29-32(12-24(26,27)28)21(17)13-4-2-1-3-5-13/h1-5,8-10,19H,6-7,11-12H2,(H,30,33,34). The molecule has 0 bridgehead atoms. The summed E-state index contributed by atoms with van der Waals surface area (Å²) in [6.07, 6.45) is -3.14. The van der Waals surface area contributed by atoms with E-state index in [-0.39, 0.29) is 41.8 Å². The summed E-state index contributed by atoms with van der Waals surface area (Å²) in [5.41, 5.74) is 1.15. The molecule has 0 radical (unpaired) electrons. The van der Waals surface area contributed by atoms with Crippen molar-refractivity contribution in [1.29, 1.82) is 0 Å². The molecule has 2 aliphatic rings. The normalized spacial score (nSPS) is 18.1. The van der Waals surface area contributed by atoms with Gasteiger partial charge < -0.3 is 4.90 Å². The first-order valence-electron chi connectivity index (χ1n) is 10.8. The number of hydrogen-bond donors (Lipinski definition) is 1. The zero-order valence-electron chi connectivity index (χ0n) is 18.1. The number of piperidine rings is 1. The van der Waals surface area contributed by atoms with E-state index >= 15 is 4.39 Å². The van der Waals surface area contributed by atoms with Gasteiger partial charge in [-0.15, -0.1) is 0 Å². The van der Waals surface area contributed by atoms with Gasteiger partial charge in [0, 0.05) is 35.2 Å². The Labute approximate surface area is 196 Å². The van der Waals surface area contributed by atoms with Crippen LogP contribution in [-0.2, 0) is 22.7 Å². The molecular weight excluding hydrogens is 468 g/mol. The first-order chi connectivity index (χ1) is 16.6. The van der Waals surface area contributed by atoms with E-state index in [1.54, 1.807) is 30.3 Å². The fraction of sp³-hybridized carbons (Fsp3) is 0.250. The average Bonchev–Trinajstić information content (AvgIpc) is 3.33. The second kappa shape index (κ2) is 8.33. The largest absolute Gasteiger partial charge is 0.408 e. The van der Waals surface area contributed by atoms with Gasteiger partial charge in [-0.1, -0.05) is 30.3 Å². The molecule has 1 unspecified atom stereocenters. The molecule has 2 aromatic carbocycles. The highest BCUT2D eigenvalue weighted by molar-refractivity contribution is 6.05. The molecule has 0 spiro atoms. The maximum atomic E-state index is 15.3. The number of fused-ring (bicyclic) bond motifs is 1. The minimum absolute atomic E-state index is 0.00504. The smallest absolute Gasteiger partial charge is 0.322 e. The van der Waals surface area contributed by atoms with Crippen molar-refractivity contribution in [3.8, 4) is 22.4 Å². The van der Waals surface area contributed by atoms with Crippen LogP contribution in [0, 0.1) is 5.82 Å². The number of carbonyl (C=O) groups is 3. The number of benzene rings is 2. The zero-order chi connectivity index (χ0) is 24.9. The summed E-state index contributed by atoms with van der Waals surface area (Å²) in [5.74, 6) is -2.36. The van der Waals surface area contributed by atoms with Gasteiger partial charge in [0.25, 0.3) is 5.91 Å². The first kappa shape index (κ1) is 22.8. The first-order valence-corrected chi connectivity index (χ1v) is 10.8. The van der Waals surface area contributed by atoms with Crippen molar-refractivity contribution in [2.24, 2.45) is 0 Å². The van der Waals surface area contributed by atoms with Gasteiger partial charge in [0.15, 0.2) is 0 Å². The second-order valence-electron chi connectivity index (χ2n) is 8.43. The van der Waals surface area contributed by atoms with Crippen molar-refractivity contribution in [2.75, 3.05) is 0 Å². The predicted molar refractivity (Wildman–Crippen MR) is 115 cm³/mol. The van der Waals surface area contributed by atoms with Crippen molar-refractivity contribution in [3.05, 3.63) is 65.6 Å². The third-order valence-electron chi connectivity index (χ3n) is 6.12.